The third-order valence-electron chi connectivity index (χ3n) is 7.04. The van der Waals surface area contributed by atoms with E-state index in [4.69, 9.17) is 0 Å². The van der Waals surface area contributed by atoms with E-state index < -0.39 is 7.12 Å². The number of benzene rings is 6. The number of hydrogen-bond donors (Lipinski definition) is 2. The van der Waals surface area contributed by atoms with Gasteiger partial charge in [0.05, 0.1) is 0 Å². The monoisotopic (exact) mass is 859 g/mol. The predicted octanol–water partition coefficient (Wildman–Crippen LogP) is 10.9. The molecule has 0 amide bonds. The van der Waals surface area contributed by atoms with Crippen LogP contribution in [0, 0.1) is 3.57 Å². The SMILES string of the molecule is Brc1cccc(-c2cccc3c2sc2ccccc23)c1.Brc1cccc(I)c1.OB(O)c1cccc2c1sc1ccccc12.[B]. The highest BCUT2D eigenvalue weighted by molar-refractivity contribution is 14.1. The van der Waals surface area contributed by atoms with E-state index in [9.17, 15) is 10.0 Å². The molecule has 0 spiro atoms. The Morgan fingerprint density at radius 2 is 1.04 bits per heavy atom. The van der Waals surface area contributed by atoms with E-state index in [0.717, 1.165) is 19.0 Å². The molecule has 0 aliphatic heterocycles. The average Bonchev–Trinajstić information content (AvgIpc) is 3.60. The van der Waals surface area contributed by atoms with Crippen molar-refractivity contribution in [3.63, 3.8) is 0 Å². The van der Waals surface area contributed by atoms with Crippen molar-refractivity contribution < 1.29 is 10.0 Å². The molecule has 219 valence electrons. The van der Waals surface area contributed by atoms with E-state index in [1.807, 2.05) is 53.8 Å². The summed E-state index contributed by atoms with van der Waals surface area (Å²) in [6.45, 7) is 0. The molecule has 2 N–H and O–H groups in total. The minimum atomic E-state index is -1.41. The minimum Gasteiger partial charge on any atom is -0.423 e. The Bertz CT molecular complexity index is 2220. The Morgan fingerprint density at radius 3 is 1.62 bits per heavy atom. The fraction of sp³-hybridized carbons (Fsp3) is 0. The van der Waals surface area contributed by atoms with Crippen molar-refractivity contribution in [2.24, 2.45) is 0 Å². The third-order valence-corrected chi connectivity index (χ3v) is 11.2. The maximum Gasteiger partial charge on any atom is 0.489 e. The highest BCUT2D eigenvalue weighted by atomic mass is 127. The van der Waals surface area contributed by atoms with Crippen LogP contribution in [0.3, 0.4) is 0 Å². The van der Waals surface area contributed by atoms with Gasteiger partial charge in [-0.3, -0.25) is 0 Å². The highest BCUT2D eigenvalue weighted by Gasteiger charge is 2.17. The van der Waals surface area contributed by atoms with Gasteiger partial charge in [-0.15, -0.1) is 22.7 Å². The number of rotatable bonds is 2. The largest absolute Gasteiger partial charge is 0.489 e. The Hall–Kier alpha value is -2.50. The van der Waals surface area contributed by atoms with Crippen LogP contribution in [-0.2, 0) is 0 Å². The van der Waals surface area contributed by atoms with E-state index in [1.165, 1.54) is 45.0 Å². The van der Waals surface area contributed by atoms with Crippen LogP contribution >= 0.6 is 77.1 Å². The van der Waals surface area contributed by atoms with Crippen molar-refractivity contribution in [3.05, 3.63) is 146 Å². The zero-order valence-electron chi connectivity index (χ0n) is 23.7. The molecule has 0 bridgehead atoms. The second-order valence-electron chi connectivity index (χ2n) is 9.93. The molecule has 0 saturated carbocycles. The first-order valence-corrected chi connectivity index (χ1v) is 18.0. The van der Waals surface area contributed by atoms with Crippen LogP contribution in [0.1, 0.15) is 0 Å². The summed E-state index contributed by atoms with van der Waals surface area (Å²) in [7, 11) is -1.41. The van der Waals surface area contributed by atoms with Gasteiger partial charge in [0.2, 0.25) is 0 Å². The summed E-state index contributed by atoms with van der Waals surface area (Å²) >= 11 is 12.7. The smallest absolute Gasteiger partial charge is 0.423 e. The second-order valence-corrected chi connectivity index (χ2v) is 15.1. The molecule has 6 aromatic carbocycles. The molecule has 0 saturated heterocycles. The van der Waals surface area contributed by atoms with Crippen molar-refractivity contribution >= 4 is 138 Å². The summed E-state index contributed by atoms with van der Waals surface area (Å²) in [4.78, 5) is 0. The molecule has 8 aromatic rings. The lowest BCUT2D eigenvalue weighted by molar-refractivity contribution is 0.426. The highest BCUT2D eigenvalue weighted by Crippen LogP contribution is 2.40. The molecule has 3 radical (unpaired) electrons. The zero-order valence-corrected chi connectivity index (χ0v) is 30.7. The molecule has 0 unspecified atom stereocenters. The molecule has 0 aliphatic carbocycles. The summed E-state index contributed by atoms with van der Waals surface area (Å²) < 4.78 is 8.37. The van der Waals surface area contributed by atoms with Gasteiger partial charge >= 0.3 is 7.12 Å². The van der Waals surface area contributed by atoms with Gasteiger partial charge < -0.3 is 10.0 Å². The van der Waals surface area contributed by atoms with Crippen LogP contribution in [0.2, 0.25) is 0 Å². The van der Waals surface area contributed by atoms with Gasteiger partial charge in [0.1, 0.15) is 0 Å². The van der Waals surface area contributed by atoms with Gasteiger partial charge in [0, 0.05) is 55.9 Å². The van der Waals surface area contributed by atoms with Crippen molar-refractivity contribution in [3.8, 4) is 11.1 Å². The normalized spacial score (nSPS) is 10.6. The Balaban J connectivity index is 0.000000143. The third kappa shape index (κ3) is 7.73. The lowest BCUT2D eigenvalue weighted by Crippen LogP contribution is -2.29. The number of hydrogen-bond acceptors (Lipinski definition) is 4. The number of thiophene rings is 2. The first-order valence-electron chi connectivity index (χ1n) is 13.7. The van der Waals surface area contributed by atoms with Crippen LogP contribution in [0.5, 0.6) is 0 Å². The first-order chi connectivity index (χ1) is 21.4. The summed E-state index contributed by atoms with van der Waals surface area (Å²) in [6.07, 6.45) is 0. The molecule has 0 atom stereocenters. The van der Waals surface area contributed by atoms with Gasteiger partial charge in [-0.05, 0) is 87.0 Å². The van der Waals surface area contributed by atoms with Gasteiger partial charge in [0.15, 0.2) is 0 Å². The van der Waals surface area contributed by atoms with Crippen molar-refractivity contribution in [2.45, 2.75) is 0 Å². The van der Waals surface area contributed by atoms with Crippen molar-refractivity contribution in [2.75, 3.05) is 0 Å². The van der Waals surface area contributed by atoms with E-state index >= 15 is 0 Å². The van der Waals surface area contributed by atoms with E-state index in [-0.39, 0.29) is 8.41 Å². The molecule has 45 heavy (non-hydrogen) atoms. The second kappa shape index (κ2) is 15.4. The van der Waals surface area contributed by atoms with Gasteiger partial charge in [-0.25, -0.2) is 0 Å². The maximum atomic E-state index is 9.31. The summed E-state index contributed by atoms with van der Waals surface area (Å²) in [5.74, 6) is 0. The Kier molecular flexibility index (Phi) is 11.6. The maximum absolute atomic E-state index is 9.31. The lowest BCUT2D eigenvalue weighted by Gasteiger charge is -2.04. The van der Waals surface area contributed by atoms with Crippen molar-refractivity contribution in [1.82, 2.24) is 0 Å². The molecule has 2 heterocycles. The molecule has 0 aliphatic rings. The molecule has 9 heteroatoms. The van der Waals surface area contributed by atoms with E-state index in [0.29, 0.717) is 5.46 Å². The molecule has 2 aromatic heterocycles. The molecular formula is C36H24B2Br2IO2S2. The number of fused-ring (bicyclic) bond motifs is 6. The Morgan fingerprint density at radius 1 is 0.533 bits per heavy atom. The van der Waals surface area contributed by atoms with E-state index in [1.54, 1.807) is 17.4 Å². The van der Waals surface area contributed by atoms with Crippen molar-refractivity contribution in [1.29, 1.82) is 0 Å². The molecule has 8 rings (SSSR count). The molecule has 0 fully saturated rings. The summed E-state index contributed by atoms with van der Waals surface area (Å²) in [5.41, 5.74) is 3.15. The summed E-state index contributed by atoms with van der Waals surface area (Å²) in [5, 5.41) is 23.6. The van der Waals surface area contributed by atoms with E-state index in [2.05, 4.69) is 139 Å². The zero-order chi connectivity index (χ0) is 30.6. The summed E-state index contributed by atoms with van der Waals surface area (Å²) in [6, 6.07) is 45.6. The van der Waals surface area contributed by atoms with Gasteiger partial charge in [0.25, 0.3) is 0 Å². The lowest BCUT2D eigenvalue weighted by atomic mass is 9.80. The standard InChI is InChI=1S/C18H11BrS.C12H9BO2S.C6H4BrI.B/c19-13-6-3-5-12(11-13)14-8-4-9-16-15-7-1-2-10-17(15)20-18(14)16;14-13(15)10-6-3-5-9-8-4-1-2-7-11(8)16-12(9)10;7-5-2-1-3-6(8)4-5;/h1-11H;1-7,14-15H;1-4H;. The van der Waals surface area contributed by atoms with Gasteiger partial charge in [-0.2, -0.15) is 0 Å². The fourth-order valence-electron chi connectivity index (χ4n) is 5.06. The van der Waals surface area contributed by atoms with Crippen LogP contribution in [-0.4, -0.2) is 25.6 Å². The average molecular weight is 861 g/mol. The van der Waals surface area contributed by atoms with Crippen LogP contribution in [0.25, 0.3) is 51.5 Å². The van der Waals surface area contributed by atoms with Crippen LogP contribution < -0.4 is 5.46 Å². The molecular weight excluding hydrogens is 837 g/mol. The topological polar surface area (TPSA) is 40.5 Å². The number of halogens is 3. The minimum absolute atomic E-state index is 0. The van der Waals surface area contributed by atoms with Crippen LogP contribution in [0.15, 0.2) is 142 Å². The fourth-order valence-corrected chi connectivity index (χ4v) is 9.30. The van der Waals surface area contributed by atoms with Crippen LogP contribution in [0.4, 0.5) is 0 Å². The predicted molar refractivity (Wildman–Crippen MR) is 214 cm³/mol. The first kappa shape index (κ1) is 33.9. The quantitative estimate of drug-likeness (QED) is 0.134. The van der Waals surface area contributed by atoms with Gasteiger partial charge in [-0.1, -0.05) is 123 Å². The molecule has 2 nitrogen and oxygen atoms in total. The Labute approximate surface area is 302 Å².